The molecule has 0 amide bonds. The molecule has 0 aliphatic heterocycles. The lowest BCUT2D eigenvalue weighted by Crippen LogP contribution is -2.30. The zero-order valence-electron chi connectivity index (χ0n) is 10.7. The molecule has 0 aliphatic rings. The molecule has 0 saturated carbocycles. The van der Waals surface area contributed by atoms with Gasteiger partial charge in [0.25, 0.3) is 0 Å². The summed E-state index contributed by atoms with van der Waals surface area (Å²) in [4.78, 5) is 0. The minimum atomic E-state index is -0.960. The molecule has 2 rings (SSSR count). The van der Waals surface area contributed by atoms with E-state index in [2.05, 4.69) is 0 Å². The van der Waals surface area contributed by atoms with Crippen LogP contribution in [0.1, 0.15) is 18.1 Å². The van der Waals surface area contributed by atoms with Gasteiger partial charge in [0.2, 0.25) is 0 Å². The second-order valence-electron chi connectivity index (χ2n) is 5.05. The normalized spacial score (nSPS) is 14.1. The quantitative estimate of drug-likeness (QED) is 0.896. The van der Waals surface area contributed by atoms with Crippen LogP contribution in [0.5, 0.6) is 0 Å². The Hall–Kier alpha value is -1.38. The highest BCUT2D eigenvalue weighted by Gasteiger charge is 2.23. The van der Waals surface area contributed by atoms with Gasteiger partial charge in [0, 0.05) is 12.8 Å². The highest BCUT2D eigenvalue weighted by molar-refractivity contribution is 6.31. The van der Waals surface area contributed by atoms with Crippen molar-refractivity contribution < 1.29 is 9.50 Å². The van der Waals surface area contributed by atoms with Crippen molar-refractivity contribution >= 4 is 11.6 Å². The first-order valence-electron chi connectivity index (χ1n) is 6.17. The van der Waals surface area contributed by atoms with Crippen LogP contribution in [0.4, 0.5) is 4.39 Å². The van der Waals surface area contributed by atoms with Gasteiger partial charge < -0.3 is 5.11 Å². The molecule has 1 atom stereocenters. The van der Waals surface area contributed by atoms with E-state index in [0.29, 0.717) is 18.4 Å². The molecule has 19 heavy (non-hydrogen) atoms. The average molecular weight is 279 g/mol. The van der Waals surface area contributed by atoms with Gasteiger partial charge in [0.15, 0.2) is 0 Å². The summed E-state index contributed by atoms with van der Waals surface area (Å²) >= 11 is 5.92. The number of hydrogen-bond acceptors (Lipinski definition) is 1. The molecule has 0 heterocycles. The van der Waals surface area contributed by atoms with Crippen molar-refractivity contribution in [2.45, 2.75) is 25.4 Å². The maximum absolute atomic E-state index is 13.4. The second kappa shape index (κ2) is 5.72. The van der Waals surface area contributed by atoms with E-state index < -0.39 is 11.4 Å². The predicted octanol–water partition coefficient (Wildman–Crippen LogP) is 4.02. The largest absolute Gasteiger partial charge is 0.389 e. The molecule has 0 spiro atoms. The monoisotopic (exact) mass is 278 g/mol. The Morgan fingerprint density at radius 2 is 1.74 bits per heavy atom. The summed E-state index contributed by atoms with van der Waals surface area (Å²) in [6, 6.07) is 14.4. The Bertz CT molecular complexity index is 552. The summed E-state index contributed by atoms with van der Waals surface area (Å²) in [7, 11) is 0. The maximum atomic E-state index is 13.4. The van der Waals surface area contributed by atoms with Crippen molar-refractivity contribution in [3.63, 3.8) is 0 Å². The number of halogens is 2. The van der Waals surface area contributed by atoms with Crippen LogP contribution >= 0.6 is 11.6 Å². The van der Waals surface area contributed by atoms with Gasteiger partial charge in [-0.25, -0.2) is 4.39 Å². The average Bonchev–Trinajstić information content (AvgIpc) is 2.35. The number of rotatable bonds is 4. The van der Waals surface area contributed by atoms with Crippen molar-refractivity contribution in [2.75, 3.05) is 0 Å². The third-order valence-corrected chi connectivity index (χ3v) is 3.45. The first-order valence-corrected chi connectivity index (χ1v) is 6.55. The lowest BCUT2D eigenvalue weighted by Gasteiger charge is -2.24. The molecule has 0 fully saturated rings. The van der Waals surface area contributed by atoms with E-state index in [1.807, 2.05) is 30.3 Å². The highest BCUT2D eigenvalue weighted by atomic mass is 35.5. The van der Waals surface area contributed by atoms with E-state index >= 15 is 0 Å². The molecule has 2 aromatic rings. The summed E-state index contributed by atoms with van der Waals surface area (Å²) in [6.07, 6.45) is 0.819. The van der Waals surface area contributed by atoms with E-state index in [1.165, 1.54) is 6.07 Å². The summed E-state index contributed by atoms with van der Waals surface area (Å²) in [5.74, 6) is -0.449. The Labute approximate surface area is 117 Å². The van der Waals surface area contributed by atoms with E-state index in [9.17, 15) is 9.50 Å². The number of benzene rings is 2. The molecule has 0 radical (unpaired) electrons. The third kappa shape index (κ3) is 3.79. The molecule has 0 saturated heterocycles. The van der Waals surface area contributed by atoms with Crippen LogP contribution in [0.15, 0.2) is 48.5 Å². The van der Waals surface area contributed by atoms with Crippen molar-refractivity contribution in [1.82, 2.24) is 0 Å². The zero-order valence-corrected chi connectivity index (χ0v) is 11.5. The minimum Gasteiger partial charge on any atom is -0.389 e. The van der Waals surface area contributed by atoms with Gasteiger partial charge in [-0.15, -0.1) is 0 Å². The molecule has 0 aromatic heterocycles. The van der Waals surface area contributed by atoms with Gasteiger partial charge >= 0.3 is 0 Å². The predicted molar refractivity (Wildman–Crippen MR) is 75.9 cm³/mol. The molecular weight excluding hydrogens is 263 g/mol. The van der Waals surface area contributed by atoms with Crippen LogP contribution in [-0.4, -0.2) is 10.7 Å². The summed E-state index contributed by atoms with van der Waals surface area (Å²) in [6.45, 7) is 1.74. The van der Waals surface area contributed by atoms with E-state index in [0.717, 1.165) is 5.56 Å². The molecule has 1 nitrogen and oxygen atoms in total. The molecule has 100 valence electrons. The lowest BCUT2D eigenvalue weighted by molar-refractivity contribution is 0.0608. The van der Waals surface area contributed by atoms with Crippen LogP contribution in [0.25, 0.3) is 0 Å². The van der Waals surface area contributed by atoms with Gasteiger partial charge in [-0.1, -0.05) is 54.1 Å². The molecule has 0 aliphatic carbocycles. The Kier molecular flexibility index (Phi) is 4.23. The van der Waals surface area contributed by atoms with Gasteiger partial charge in [0.1, 0.15) is 5.82 Å². The second-order valence-corrected chi connectivity index (χ2v) is 5.43. The van der Waals surface area contributed by atoms with Crippen molar-refractivity contribution in [1.29, 1.82) is 0 Å². The van der Waals surface area contributed by atoms with Crippen LogP contribution in [0.3, 0.4) is 0 Å². The van der Waals surface area contributed by atoms with E-state index in [-0.39, 0.29) is 5.02 Å². The molecule has 3 heteroatoms. The lowest BCUT2D eigenvalue weighted by atomic mass is 9.90. The highest BCUT2D eigenvalue weighted by Crippen LogP contribution is 2.25. The fraction of sp³-hybridized carbons (Fsp3) is 0.250. The first-order chi connectivity index (χ1) is 8.98. The molecular formula is C16H16ClFO. The fourth-order valence-corrected chi connectivity index (χ4v) is 2.39. The maximum Gasteiger partial charge on any atom is 0.142 e. The van der Waals surface area contributed by atoms with Gasteiger partial charge in [-0.05, 0) is 24.1 Å². The van der Waals surface area contributed by atoms with Gasteiger partial charge in [-0.3, -0.25) is 0 Å². The summed E-state index contributed by atoms with van der Waals surface area (Å²) in [5.41, 5.74) is 0.710. The van der Waals surface area contributed by atoms with Gasteiger partial charge in [-0.2, -0.15) is 0 Å². The van der Waals surface area contributed by atoms with Crippen LogP contribution in [0, 0.1) is 5.82 Å². The molecule has 1 N–H and O–H groups in total. The standard InChI is InChI=1S/C16H16ClFO/c1-16(19,10-12-6-3-2-4-7-12)11-13-8-5-9-14(18)15(13)17/h2-9,19H,10-11H2,1H3. The smallest absolute Gasteiger partial charge is 0.142 e. The van der Waals surface area contributed by atoms with E-state index in [4.69, 9.17) is 11.6 Å². The SMILES string of the molecule is CC(O)(Cc1ccccc1)Cc1cccc(F)c1Cl. The zero-order chi connectivity index (χ0) is 13.9. The first kappa shape index (κ1) is 14.0. The van der Waals surface area contributed by atoms with Crippen LogP contribution < -0.4 is 0 Å². The third-order valence-electron chi connectivity index (χ3n) is 3.03. The number of aliphatic hydroxyl groups is 1. The van der Waals surface area contributed by atoms with Crippen molar-refractivity contribution in [3.05, 3.63) is 70.5 Å². The Morgan fingerprint density at radius 3 is 2.42 bits per heavy atom. The van der Waals surface area contributed by atoms with E-state index in [1.54, 1.807) is 19.1 Å². The van der Waals surface area contributed by atoms with Crippen LogP contribution in [-0.2, 0) is 12.8 Å². The Balaban J connectivity index is 2.15. The minimum absolute atomic E-state index is 0.0934. The van der Waals surface area contributed by atoms with Crippen molar-refractivity contribution in [2.24, 2.45) is 0 Å². The number of hydrogen-bond donors (Lipinski definition) is 1. The summed E-state index contributed by atoms with van der Waals surface area (Å²) in [5, 5.41) is 10.5. The van der Waals surface area contributed by atoms with Crippen molar-refractivity contribution in [3.8, 4) is 0 Å². The Morgan fingerprint density at radius 1 is 1.05 bits per heavy atom. The molecule has 1 unspecified atom stereocenters. The summed E-state index contributed by atoms with van der Waals surface area (Å²) < 4.78 is 13.4. The van der Waals surface area contributed by atoms with Gasteiger partial charge in [0.05, 0.1) is 10.6 Å². The molecule has 0 bridgehead atoms. The molecule has 2 aromatic carbocycles. The topological polar surface area (TPSA) is 20.2 Å². The van der Waals surface area contributed by atoms with Crippen LogP contribution in [0.2, 0.25) is 5.02 Å². The fourth-order valence-electron chi connectivity index (χ4n) is 2.19.